The molecule has 1 unspecified atom stereocenters. The van der Waals surface area contributed by atoms with Crippen LogP contribution < -0.4 is 15.2 Å². The van der Waals surface area contributed by atoms with E-state index in [9.17, 15) is 28.2 Å². The zero-order valence-corrected chi connectivity index (χ0v) is 15.9. The zero-order valence-electron chi connectivity index (χ0n) is 14.2. The number of hydrogen-bond acceptors (Lipinski definition) is 7. The zero-order chi connectivity index (χ0) is 19.4. The first-order chi connectivity index (χ1) is 12.0. The largest absolute Gasteiger partial charge is 0.477 e. The first-order valence-electron chi connectivity index (χ1n) is 8.20. The van der Waals surface area contributed by atoms with Crippen LogP contribution in [0.15, 0.2) is 10.6 Å². The second-order valence-corrected chi connectivity index (χ2v) is 9.54. The summed E-state index contributed by atoms with van der Waals surface area (Å²) in [7, 11) is -3.83. The van der Waals surface area contributed by atoms with Gasteiger partial charge in [-0.1, -0.05) is 6.92 Å². The third kappa shape index (κ3) is 3.37. The fourth-order valence-electron chi connectivity index (χ4n) is 3.94. The number of β-lactam (4-membered cyclic amide) rings is 1. The summed E-state index contributed by atoms with van der Waals surface area (Å²) in [6.45, 7) is 3.85. The second-order valence-electron chi connectivity index (χ2n) is 6.87. The Morgan fingerprint density at radius 2 is 2.15 bits per heavy atom. The minimum absolute atomic E-state index is 0.0303. The number of aliphatic hydroxyl groups is 1. The van der Waals surface area contributed by atoms with Crippen LogP contribution in [0.1, 0.15) is 20.3 Å². The highest BCUT2D eigenvalue weighted by atomic mass is 32.2. The van der Waals surface area contributed by atoms with Crippen molar-refractivity contribution in [2.24, 2.45) is 17.0 Å². The molecule has 3 heterocycles. The van der Waals surface area contributed by atoms with Crippen molar-refractivity contribution in [3.63, 3.8) is 0 Å². The number of carboxylic acid groups (broad SMARTS) is 1. The third-order valence-corrected chi connectivity index (χ3v) is 7.13. The summed E-state index contributed by atoms with van der Waals surface area (Å²) in [5.74, 6) is -2.36. The Hall–Kier alpha value is -1.18. The van der Waals surface area contributed by atoms with E-state index in [-0.39, 0.29) is 28.8 Å². The smallest absolute Gasteiger partial charge is 0.353 e. The Balaban J connectivity index is 1.77. The van der Waals surface area contributed by atoms with E-state index >= 15 is 0 Å². The van der Waals surface area contributed by atoms with Gasteiger partial charge in [0.25, 0.3) is 10.2 Å². The van der Waals surface area contributed by atoms with Crippen molar-refractivity contribution in [1.29, 1.82) is 0 Å². The highest BCUT2D eigenvalue weighted by Crippen LogP contribution is 2.51. The van der Waals surface area contributed by atoms with Crippen LogP contribution >= 0.6 is 11.8 Å². The number of nitrogens with zero attached hydrogens (tertiary/aromatic N) is 1. The molecule has 2 saturated heterocycles. The average Bonchev–Trinajstić information content (AvgIpc) is 3.00. The summed E-state index contributed by atoms with van der Waals surface area (Å²) in [4.78, 5) is 25.9. The molecule has 0 saturated carbocycles. The molecule has 6 atom stereocenters. The molecular formula is C14H22N4O6S2. The molecule has 10 nitrogen and oxygen atoms in total. The average molecular weight is 406 g/mol. The van der Waals surface area contributed by atoms with Crippen LogP contribution in [0.5, 0.6) is 0 Å². The SMILES string of the molecule is C[C@@H](O)[C@H]1C(=O)N2C(C(=O)O)=C(SC3CN[C@H](NS(N)(=O)=O)C3)[C@H](C)[C@H]12. The molecule has 3 aliphatic rings. The normalized spacial score (nSPS) is 35.5. The number of nitrogens with two attached hydrogens (primary N) is 1. The van der Waals surface area contributed by atoms with Crippen molar-refractivity contribution in [2.45, 2.75) is 43.8 Å². The topological polar surface area (TPSA) is 162 Å². The molecule has 0 aromatic rings. The van der Waals surface area contributed by atoms with E-state index in [0.29, 0.717) is 17.9 Å². The predicted octanol–water partition coefficient (Wildman–Crippen LogP) is -1.65. The molecular weight excluding hydrogens is 384 g/mol. The van der Waals surface area contributed by atoms with Gasteiger partial charge in [0.05, 0.1) is 24.2 Å². The predicted molar refractivity (Wildman–Crippen MR) is 93.7 cm³/mol. The summed E-state index contributed by atoms with van der Waals surface area (Å²) in [6, 6.07) is -0.358. The molecule has 0 bridgehead atoms. The van der Waals surface area contributed by atoms with Crippen molar-refractivity contribution >= 4 is 33.8 Å². The molecule has 3 rings (SSSR count). The van der Waals surface area contributed by atoms with Gasteiger partial charge in [0.2, 0.25) is 5.91 Å². The Bertz CT molecular complexity index is 767. The summed E-state index contributed by atoms with van der Waals surface area (Å²) in [5, 5.41) is 27.3. The van der Waals surface area contributed by atoms with Gasteiger partial charge in [-0.05, 0) is 13.3 Å². The van der Waals surface area contributed by atoms with Gasteiger partial charge in [0, 0.05) is 22.6 Å². The minimum Gasteiger partial charge on any atom is -0.477 e. The molecule has 12 heteroatoms. The van der Waals surface area contributed by atoms with Crippen molar-refractivity contribution in [3.05, 3.63) is 10.6 Å². The van der Waals surface area contributed by atoms with Crippen molar-refractivity contribution in [2.75, 3.05) is 6.54 Å². The maximum absolute atomic E-state index is 12.3. The maximum atomic E-state index is 12.3. The number of carboxylic acids is 1. The summed E-state index contributed by atoms with van der Waals surface area (Å²) in [6.07, 6.45) is -0.929. The van der Waals surface area contributed by atoms with Gasteiger partial charge < -0.3 is 15.1 Å². The van der Waals surface area contributed by atoms with E-state index in [4.69, 9.17) is 5.14 Å². The fraction of sp³-hybridized carbons (Fsp3) is 0.714. The van der Waals surface area contributed by atoms with Gasteiger partial charge >= 0.3 is 5.97 Å². The third-order valence-electron chi connectivity index (χ3n) is 5.00. The molecule has 2 fully saturated rings. The lowest BCUT2D eigenvalue weighted by Crippen LogP contribution is -2.63. The molecule has 1 amide bonds. The lowest BCUT2D eigenvalue weighted by molar-refractivity contribution is -0.163. The van der Waals surface area contributed by atoms with Gasteiger partial charge in [-0.15, -0.1) is 11.8 Å². The number of amides is 1. The Labute approximate surface area is 155 Å². The van der Waals surface area contributed by atoms with Gasteiger partial charge in [-0.3, -0.25) is 10.1 Å². The number of carbonyl (C=O) groups is 2. The van der Waals surface area contributed by atoms with E-state index in [0.717, 1.165) is 0 Å². The molecule has 0 radical (unpaired) electrons. The van der Waals surface area contributed by atoms with Crippen molar-refractivity contribution < 1.29 is 28.2 Å². The summed E-state index contributed by atoms with van der Waals surface area (Å²) >= 11 is 1.34. The van der Waals surface area contributed by atoms with E-state index in [2.05, 4.69) is 10.0 Å². The molecule has 0 aromatic carbocycles. The number of hydrogen-bond donors (Lipinski definition) is 5. The van der Waals surface area contributed by atoms with E-state index in [1.54, 1.807) is 0 Å². The van der Waals surface area contributed by atoms with Crippen molar-refractivity contribution in [3.8, 4) is 0 Å². The fourth-order valence-corrected chi connectivity index (χ4v) is 5.99. The summed E-state index contributed by atoms with van der Waals surface area (Å²) in [5.41, 5.74) is -0.0303. The van der Waals surface area contributed by atoms with Crippen LogP contribution in [0.3, 0.4) is 0 Å². The monoisotopic (exact) mass is 406 g/mol. The summed E-state index contributed by atoms with van der Waals surface area (Å²) < 4.78 is 24.5. The molecule has 6 N–H and O–H groups in total. The van der Waals surface area contributed by atoms with E-state index in [1.165, 1.54) is 23.6 Å². The first-order valence-corrected chi connectivity index (χ1v) is 10.6. The lowest BCUT2D eigenvalue weighted by Gasteiger charge is -2.46. The molecule has 146 valence electrons. The first kappa shape index (κ1) is 19.6. The second kappa shape index (κ2) is 6.77. The number of fused-ring (bicyclic) bond motifs is 1. The highest BCUT2D eigenvalue weighted by molar-refractivity contribution is 8.03. The number of thioether (sulfide) groups is 1. The van der Waals surface area contributed by atoms with Crippen LogP contribution in [-0.2, 0) is 19.8 Å². The van der Waals surface area contributed by atoms with Gasteiger partial charge in [-0.2, -0.15) is 13.1 Å². The molecule has 26 heavy (non-hydrogen) atoms. The van der Waals surface area contributed by atoms with Gasteiger partial charge in [-0.25, -0.2) is 9.93 Å². The Morgan fingerprint density at radius 1 is 1.50 bits per heavy atom. The van der Waals surface area contributed by atoms with E-state index < -0.39 is 34.4 Å². The maximum Gasteiger partial charge on any atom is 0.353 e. The number of rotatable bonds is 6. The number of nitrogens with one attached hydrogen (secondary N) is 2. The molecule has 3 aliphatic heterocycles. The number of aliphatic carboxylic acids is 1. The number of carbonyl (C=O) groups excluding carboxylic acids is 1. The van der Waals surface area contributed by atoms with E-state index in [1.807, 2.05) is 6.92 Å². The van der Waals surface area contributed by atoms with Crippen LogP contribution in [0.4, 0.5) is 0 Å². The standard InChI is InChI=1S/C14H22N4O6S2/c1-5-10-9(6(2)19)13(20)18(10)11(14(21)22)12(5)25-7-3-8(16-4-7)17-26(15,23)24/h5-10,16-17,19H,3-4H2,1-2H3,(H,21,22)(H2,15,23,24)/t5-,6-,7?,8-,9-,10-/m1/s1. The van der Waals surface area contributed by atoms with Gasteiger partial charge in [0.15, 0.2) is 0 Å². The van der Waals surface area contributed by atoms with Crippen LogP contribution in [0, 0.1) is 11.8 Å². The molecule has 0 spiro atoms. The van der Waals surface area contributed by atoms with Crippen LogP contribution in [0.25, 0.3) is 0 Å². The van der Waals surface area contributed by atoms with Crippen LogP contribution in [-0.4, -0.2) is 65.5 Å². The van der Waals surface area contributed by atoms with Gasteiger partial charge in [0.1, 0.15) is 5.70 Å². The molecule has 0 aromatic heterocycles. The Morgan fingerprint density at radius 3 is 2.69 bits per heavy atom. The number of aliphatic hydroxyl groups excluding tert-OH is 1. The Kier molecular flexibility index (Phi) is 5.09. The highest BCUT2D eigenvalue weighted by Gasteiger charge is 2.60. The quantitative estimate of drug-likeness (QED) is 0.328. The van der Waals surface area contributed by atoms with Crippen molar-refractivity contribution in [1.82, 2.24) is 14.9 Å². The minimum atomic E-state index is -3.83. The van der Waals surface area contributed by atoms with Crippen LogP contribution in [0.2, 0.25) is 0 Å². The molecule has 0 aliphatic carbocycles. The lowest BCUT2D eigenvalue weighted by atomic mass is 9.79.